The summed E-state index contributed by atoms with van der Waals surface area (Å²) in [6.07, 6.45) is -8.41. The van der Waals surface area contributed by atoms with E-state index in [1.807, 2.05) is 0 Å². The zero-order valence-corrected chi connectivity index (χ0v) is 20.4. The number of alkyl halides is 11. The van der Waals surface area contributed by atoms with Crippen molar-refractivity contribution >= 4 is 26.1 Å². The van der Waals surface area contributed by atoms with E-state index in [4.69, 9.17) is 9.66 Å². The molecule has 0 saturated heterocycles. The predicted molar refractivity (Wildman–Crippen MR) is 101 cm³/mol. The number of nitrogens with zero attached hydrogens (tertiary/aromatic N) is 2. The van der Waals surface area contributed by atoms with E-state index < -0.39 is 84.9 Å². The third-order valence-corrected chi connectivity index (χ3v) is 7.52. The normalized spacial score (nSPS) is 15.3. The SMILES string of the molecule is C[N+](C)(CCCN(CC(=O)O)S(=O)(=O)C(F)(F)C(F)(F)C(F)(F)C(F)(F)C(F)(F)F)CCCS(=O)(=O)O. The maximum Gasteiger partial charge on any atom is 0.460 e. The van der Waals surface area contributed by atoms with Gasteiger partial charge in [-0.05, 0) is 0 Å². The summed E-state index contributed by atoms with van der Waals surface area (Å²) in [5.74, 6) is -26.8. The van der Waals surface area contributed by atoms with Gasteiger partial charge in [0.1, 0.15) is 6.54 Å². The van der Waals surface area contributed by atoms with Gasteiger partial charge in [0.15, 0.2) is 0 Å². The van der Waals surface area contributed by atoms with Gasteiger partial charge in [0, 0.05) is 19.4 Å². The van der Waals surface area contributed by atoms with Crippen LogP contribution in [0.15, 0.2) is 0 Å². The Bertz CT molecular complexity index is 1030. The molecule has 222 valence electrons. The number of quaternary nitrogens is 1. The maximum atomic E-state index is 14.2. The first-order valence-corrected chi connectivity index (χ1v) is 12.6. The van der Waals surface area contributed by atoms with Crippen LogP contribution >= 0.6 is 0 Å². The Morgan fingerprint density at radius 3 is 1.59 bits per heavy atom. The van der Waals surface area contributed by atoms with E-state index in [1.165, 1.54) is 14.1 Å². The van der Waals surface area contributed by atoms with Gasteiger partial charge in [0.25, 0.3) is 20.1 Å². The second-order valence-corrected chi connectivity index (χ2v) is 11.9. The molecule has 0 radical (unpaired) electrons. The first-order valence-electron chi connectivity index (χ1n) is 9.54. The summed E-state index contributed by atoms with van der Waals surface area (Å²) in [5.41, 5.74) is 0. The Kier molecular flexibility index (Phi) is 10.5. The smallest absolute Gasteiger partial charge is 0.460 e. The molecule has 0 unspecified atom stereocenters. The van der Waals surface area contributed by atoms with E-state index in [-0.39, 0.29) is 24.0 Å². The van der Waals surface area contributed by atoms with Crippen LogP contribution in [0.5, 0.6) is 0 Å². The fourth-order valence-electron chi connectivity index (χ4n) is 2.78. The molecule has 0 heterocycles. The third kappa shape index (κ3) is 7.76. The number of carboxylic acid groups (broad SMARTS) is 1. The topological polar surface area (TPSA) is 129 Å². The van der Waals surface area contributed by atoms with Crippen LogP contribution in [0.2, 0.25) is 0 Å². The van der Waals surface area contributed by atoms with Crippen molar-refractivity contribution in [2.24, 2.45) is 0 Å². The summed E-state index contributed by atoms with van der Waals surface area (Å²) in [5, 5.41) is 1.37. The molecule has 0 rings (SSSR count). The van der Waals surface area contributed by atoms with Crippen LogP contribution in [0.3, 0.4) is 0 Å². The molecule has 0 aromatic heterocycles. The molecule has 9 nitrogen and oxygen atoms in total. The molecule has 0 aliphatic heterocycles. The van der Waals surface area contributed by atoms with Crippen molar-refractivity contribution in [1.29, 1.82) is 0 Å². The monoisotopic (exact) mass is 615 g/mol. The Morgan fingerprint density at radius 1 is 0.784 bits per heavy atom. The van der Waals surface area contributed by atoms with Crippen LogP contribution in [-0.2, 0) is 24.9 Å². The van der Waals surface area contributed by atoms with E-state index in [1.54, 1.807) is 0 Å². The molecule has 0 aromatic rings. The zero-order valence-electron chi connectivity index (χ0n) is 18.8. The van der Waals surface area contributed by atoms with Crippen molar-refractivity contribution < 1.29 is 84.1 Å². The highest BCUT2D eigenvalue weighted by Crippen LogP contribution is 2.58. The van der Waals surface area contributed by atoms with Gasteiger partial charge < -0.3 is 9.59 Å². The third-order valence-electron chi connectivity index (χ3n) is 4.82. The Balaban J connectivity index is 6.08. The van der Waals surface area contributed by atoms with Crippen molar-refractivity contribution in [2.45, 2.75) is 42.0 Å². The average Bonchev–Trinajstić information content (AvgIpc) is 2.63. The number of halogens is 11. The highest BCUT2D eigenvalue weighted by molar-refractivity contribution is 7.90. The minimum atomic E-state index is -8.00. The molecule has 0 atom stereocenters. The van der Waals surface area contributed by atoms with Gasteiger partial charge in [-0.15, -0.1) is 0 Å². The summed E-state index contributed by atoms with van der Waals surface area (Å²) in [7, 11) is -9.03. The number of rotatable bonds is 15. The van der Waals surface area contributed by atoms with Gasteiger partial charge >= 0.3 is 35.2 Å². The van der Waals surface area contributed by atoms with E-state index in [9.17, 15) is 69.9 Å². The fourth-order valence-corrected chi connectivity index (χ4v) is 4.70. The fraction of sp³-hybridized carbons (Fsp3) is 0.933. The first-order chi connectivity index (χ1) is 16.0. The minimum absolute atomic E-state index is 0.0849. The molecule has 22 heteroatoms. The Hall–Kier alpha value is -1.52. The largest absolute Gasteiger partial charge is 0.480 e. The standard InChI is InChI=1S/C15H21F11N2O7S2/c1-28(2,7-4-8-36(31,32)33)6-3-5-27(9-10(29)30)37(34,35)15(25,26)13(20,21)11(16,17)12(18,19)14(22,23)24/h3-9H2,1-2H3,(H-,29,30,31,32,33)/p+1. The highest BCUT2D eigenvalue weighted by Gasteiger charge is 2.89. The lowest BCUT2D eigenvalue weighted by Gasteiger charge is -2.38. The van der Waals surface area contributed by atoms with E-state index >= 15 is 0 Å². The number of sulfonamides is 1. The van der Waals surface area contributed by atoms with Crippen LogP contribution in [0.4, 0.5) is 48.3 Å². The molecule has 0 spiro atoms. The van der Waals surface area contributed by atoms with Crippen LogP contribution in [0.25, 0.3) is 0 Å². The Labute approximate surface area is 203 Å². The molecule has 0 amide bonds. The minimum Gasteiger partial charge on any atom is -0.480 e. The van der Waals surface area contributed by atoms with Gasteiger partial charge in [-0.2, -0.15) is 61.0 Å². The van der Waals surface area contributed by atoms with Crippen LogP contribution in [-0.4, -0.2) is 116 Å². The van der Waals surface area contributed by atoms with Gasteiger partial charge in [-0.1, -0.05) is 0 Å². The maximum absolute atomic E-state index is 14.2. The molecule has 0 saturated carbocycles. The molecule has 0 aromatic carbocycles. The molecular formula is C15H22F11N2O7S2+. The summed E-state index contributed by atoms with van der Waals surface area (Å²) in [6, 6.07) is 0. The lowest BCUT2D eigenvalue weighted by atomic mass is 10.0. The highest BCUT2D eigenvalue weighted by atomic mass is 32.2. The summed E-state index contributed by atoms with van der Waals surface area (Å²) >= 11 is 0. The number of hydrogen-bond acceptors (Lipinski definition) is 5. The van der Waals surface area contributed by atoms with Crippen LogP contribution < -0.4 is 0 Å². The zero-order chi connectivity index (χ0) is 30.1. The Morgan fingerprint density at radius 2 is 1.22 bits per heavy atom. The molecule has 2 N–H and O–H groups in total. The van der Waals surface area contributed by atoms with Gasteiger partial charge in [-0.3, -0.25) is 9.35 Å². The van der Waals surface area contributed by atoms with Crippen molar-refractivity contribution in [2.75, 3.05) is 46.0 Å². The van der Waals surface area contributed by atoms with Gasteiger partial charge in [0.2, 0.25) is 0 Å². The molecule has 0 bridgehead atoms. The average molecular weight is 615 g/mol. The number of carboxylic acids is 1. The van der Waals surface area contributed by atoms with Gasteiger partial charge in [0.05, 0.1) is 32.9 Å². The molecule has 0 aliphatic carbocycles. The van der Waals surface area contributed by atoms with Crippen LogP contribution in [0.1, 0.15) is 12.8 Å². The molecule has 0 fully saturated rings. The first kappa shape index (κ1) is 35.5. The van der Waals surface area contributed by atoms with Crippen molar-refractivity contribution in [3.63, 3.8) is 0 Å². The summed E-state index contributed by atoms with van der Waals surface area (Å²) in [6.45, 7) is -3.94. The van der Waals surface area contributed by atoms with Crippen molar-refractivity contribution in [3.8, 4) is 0 Å². The second kappa shape index (κ2) is 10.9. The van der Waals surface area contributed by atoms with E-state index in [2.05, 4.69) is 0 Å². The predicted octanol–water partition coefficient (Wildman–Crippen LogP) is 2.51. The molecular weight excluding hydrogens is 593 g/mol. The molecule has 0 aliphatic rings. The lowest BCUT2D eigenvalue weighted by Crippen LogP contribution is -2.69. The lowest BCUT2D eigenvalue weighted by molar-refractivity contribution is -0.890. The van der Waals surface area contributed by atoms with E-state index in [0.717, 1.165) is 0 Å². The number of aliphatic carboxylic acids is 1. The van der Waals surface area contributed by atoms with Crippen LogP contribution in [0, 0.1) is 0 Å². The summed E-state index contributed by atoms with van der Waals surface area (Å²) < 4.78 is 199. The summed E-state index contributed by atoms with van der Waals surface area (Å²) in [4.78, 5) is 10.9. The van der Waals surface area contributed by atoms with Crippen molar-refractivity contribution in [1.82, 2.24) is 4.31 Å². The number of hydrogen-bond donors (Lipinski definition) is 2. The second-order valence-electron chi connectivity index (χ2n) is 8.35. The van der Waals surface area contributed by atoms with E-state index in [0.29, 0.717) is 0 Å². The number of carbonyl (C=O) groups is 1. The van der Waals surface area contributed by atoms with Gasteiger partial charge in [-0.25, -0.2) is 8.42 Å². The van der Waals surface area contributed by atoms with Crippen molar-refractivity contribution in [3.05, 3.63) is 0 Å². The molecule has 37 heavy (non-hydrogen) atoms. The quantitative estimate of drug-likeness (QED) is 0.165.